The molecule has 96 valence electrons. The zero-order chi connectivity index (χ0) is 12.3. The first-order valence-electron chi connectivity index (χ1n) is 5.59. The summed E-state index contributed by atoms with van der Waals surface area (Å²) in [6, 6.07) is 0.970. The van der Waals surface area contributed by atoms with Crippen molar-refractivity contribution in [2.45, 2.75) is 50.3 Å². The van der Waals surface area contributed by atoms with Crippen LogP contribution < -0.4 is 0 Å². The molecule has 1 heterocycles. The Bertz CT molecular complexity index is 218. The summed E-state index contributed by atoms with van der Waals surface area (Å²) in [6.07, 6.45) is -4.22. The van der Waals surface area contributed by atoms with Crippen LogP contribution in [0.1, 0.15) is 0 Å². The van der Waals surface area contributed by atoms with Gasteiger partial charge < -0.3 is 24.8 Å². The first-order chi connectivity index (χ1) is 7.31. The summed E-state index contributed by atoms with van der Waals surface area (Å²) in [6.45, 7) is 7.20. The van der Waals surface area contributed by atoms with Crippen LogP contribution in [0.15, 0.2) is 0 Å². The third-order valence-electron chi connectivity index (χ3n) is 2.59. The van der Waals surface area contributed by atoms with Crippen molar-refractivity contribution in [3.05, 3.63) is 0 Å². The van der Waals surface area contributed by atoms with Gasteiger partial charge in [0.25, 0.3) is 0 Å². The average Bonchev–Trinajstić information content (AvgIpc) is 2.16. The van der Waals surface area contributed by atoms with Crippen LogP contribution >= 0.6 is 0 Å². The summed E-state index contributed by atoms with van der Waals surface area (Å²) in [4.78, 5) is 0. The fourth-order valence-electron chi connectivity index (χ4n) is 1.41. The number of hydrogen-bond donors (Lipinski definition) is 3. The van der Waals surface area contributed by atoms with Gasteiger partial charge in [0.05, 0.1) is 6.61 Å². The molecular weight excluding hydrogens is 228 g/mol. The first-order valence-corrected chi connectivity index (χ1v) is 9.29. The number of aliphatic hydroxyl groups is 3. The summed E-state index contributed by atoms with van der Waals surface area (Å²) in [7, 11) is -1.17. The van der Waals surface area contributed by atoms with Crippen LogP contribution in [0, 0.1) is 0 Å². The summed E-state index contributed by atoms with van der Waals surface area (Å²) < 4.78 is 10.5. The largest absolute Gasteiger partial charge is 0.388 e. The normalized spacial score (nSPS) is 36.4. The van der Waals surface area contributed by atoms with E-state index in [1.165, 1.54) is 0 Å². The Balaban J connectivity index is 2.32. The Morgan fingerprint density at radius 2 is 1.81 bits per heavy atom. The van der Waals surface area contributed by atoms with E-state index in [0.717, 1.165) is 6.04 Å². The second kappa shape index (κ2) is 5.57. The van der Waals surface area contributed by atoms with E-state index < -0.39 is 32.7 Å². The molecule has 0 aromatic rings. The fourth-order valence-corrected chi connectivity index (χ4v) is 2.14. The molecule has 6 heteroatoms. The Labute approximate surface area is 97.0 Å². The van der Waals surface area contributed by atoms with E-state index in [1.807, 2.05) is 0 Å². The monoisotopic (exact) mass is 250 g/mol. The SMILES string of the molecule is C[Si](C)(C)CCOC1OCC(O)C(O)C1O. The predicted octanol–water partition coefficient (Wildman–Crippen LogP) is -0.220. The molecule has 1 aliphatic heterocycles. The van der Waals surface area contributed by atoms with Crippen molar-refractivity contribution in [1.82, 2.24) is 0 Å². The van der Waals surface area contributed by atoms with Crippen molar-refractivity contribution in [3.63, 3.8) is 0 Å². The van der Waals surface area contributed by atoms with Crippen LogP contribution in [-0.2, 0) is 9.47 Å². The molecule has 5 nitrogen and oxygen atoms in total. The van der Waals surface area contributed by atoms with Gasteiger partial charge >= 0.3 is 0 Å². The minimum Gasteiger partial charge on any atom is -0.388 e. The van der Waals surface area contributed by atoms with Crippen LogP contribution in [0.25, 0.3) is 0 Å². The molecule has 0 aromatic heterocycles. The number of rotatable bonds is 4. The zero-order valence-corrected chi connectivity index (χ0v) is 11.1. The Morgan fingerprint density at radius 3 is 2.38 bits per heavy atom. The highest BCUT2D eigenvalue weighted by Crippen LogP contribution is 2.18. The van der Waals surface area contributed by atoms with Gasteiger partial charge in [-0.2, -0.15) is 0 Å². The molecule has 1 aliphatic rings. The van der Waals surface area contributed by atoms with Crippen LogP contribution in [0.5, 0.6) is 0 Å². The van der Waals surface area contributed by atoms with Crippen molar-refractivity contribution in [2.24, 2.45) is 0 Å². The van der Waals surface area contributed by atoms with Crippen LogP contribution in [0.2, 0.25) is 25.7 Å². The summed E-state index contributed by atoms with van der Waals surface area (Å²) >= 11 is 0. The van der Waals surface area contributed by atoms with Crippen LogP contribution in [0.3, 0.4) is 0 Å². The number of aliphatic hydroxyl groups excluding tert-OH is 3. The third kappa shape index (κ3) is 4.12. The van der Waals surface area contributed by atoms with Crippen molar-refractivity contribution in [3.8, 4) is 0 Å². The summed E-state index contributed by atoms with van der Waals surface area (Å²) in [5, 5.41) is 28.3. The van der Waals surface area contributed by atoms with E-state index in [4.69, 9.17) is 9.47 Å². The Hall–Kier alpha value is 0.0169. The molecular formula is C10H22O5Si. The summed E-state index contributed by atoms with van der Waals surface area (Å²) in [5.74, 6) is 0. The molecule has 4 unspecified atom stereocenters. The molecule has 1 fully saturated rings. The summed E-state index contributed by atoms with van der Waals surface area (Å²) in [5.41, 5.74) is 0. The lowest BCUT2D eigenvalue weighted by molar-refractivity contribution is -0.268. The predicted molar refractivity (Wildman–Crippen MR) is 61.9 cm³/mol. The second-order valence-electron chi connectivity index (χ2n) is 5.43. The van der Waals surface area contributed by atoms with Gasteiger partial charge in [0.2, 0.25) is 0 Å². The van der Waals surface area contributed by atoms with Gasteiger partial charge in [0, 0.05) is 14.7 Å². The number of ether oxygens (including phenoxy) is 2. The maximum atomic E-state index is 9.59. The molecule has 0 amide bonds. The van der Waals surface area contributed by atoms with E-state index in [1.54, 1.807) is 0 Å². The maximum absolute atomic E-state index is 9.59. The molecule has 0 spiro atoms. The molecule has 1 rings (SSSR count). The highest BCUT2D eigenvalue weighted by Gasteiger charge is 2.38. The van der Waals surface area contributed by atoms with Crippen molar-refractivity contribution in [1.29, 1.82) is 0 Å². The smallest absolute Gasteiger partial charge is 0.186 e. The minimum absolute atomic E-state index is 0.00413. The van der Waals surface area contributed by atoms with Gasteiger partial charge in [-0.3, -0.25) is 0 Å². The van der Waals surface area contributed by atoms with Gasteiger partial charge in [-0.1, -0.05) is 19.6 Å². The van der Waals surface area contributed by atoms with E-state index in [9.17, 15) is 15.3 Å². The topological polar surface area (TPSA) is 79.2 Å². The molecule has 16 heavy (non-hydrogen) atoms. The minimum atomic E-state index is -1.19. The molecule has 1 saturated heterocycles. The lowest BCUT2D eigenvalue weighted by Gasteiger charge is -2.35. The molecule has 3 N–H and O–H groups in total. The standard InChI is InChI=1S/C10H22O5Si/c1-16(2,3)5-4-14-10-9(13)8(12)7(11)6-15-10/h7-13H,4-6H2,1-3H3. The highest BCUT2D eigenvalue weighted by molar-refractivity contribution is 6.76. The molecule has 0 saturated carbocycles. The van der Waals surface area contributed by atoms with Gasteiger partial charge in [-0.25, -0.2) is 0 Å². The first kappa shape index (κ1) is 14.1. The van der Waals surface area contributed by atoms with Gasteiger partial charge in [-0.15, -0.1) is 0 Å². The lowest BCUT2D eigenvalue weighted by atomic mass is 10.1. The second-order valence-corrected chi connectivity index (χ2v) is 11.1. The Kier molecular flexibility index (Phi) is 4.90. The molecule has 0 aromatic carbocycles. The Morgan fingerprint density at radius 1 is 1.19 bits per heavy atom. The van der Waals surface area contributed by atoms with Crippen LogP contribution in [0.4, 0.5) is 0 Å². The third-order valence-corrected chi connectivity index (χ3v) is 4.29. The number of hydrogen-bond acceptors (Lipinski definition) is 5. The molecule has 4 atom stereocenters. The maximum Gasteiger partial charge on any atom is 0.186 e. The lowest BCUT2D eigenvalue weighted by Crippen LogP contribution is -2.53. The van der Waals surface area contributed by atoms with Crippen LogP contribution in [-0.4, -0.2) is 61.2 Å². The van der Waals surface area contributed by atoms with E-state index in [2.05, 4.69) is 19.6 Å². The zero-order valence-electron chi connectivity index (χ0n) is 10.1. The molecule has 0 bridgehead atoms. The van der Waals surface area contributed by atoms with Gasteiger partial charge in [0.1, 0.15) is 18.3 Å². The van der Waals surface area contributed by atoms with Gasteiger partial charge in [-0.05, 0) is 6.04 Å². The molecule has 0 aliphatic carbocycles. The van der Waals surface area contributed by atoms with Crippen molar-refractivity contribution in [2.75, 3.05) is 13.2 Å². The van der Waals surface area contributed by atoms with E-state index in [0.29, 0.717) is 6.61 Å². The highest BCUT2D eigenvalue weighted by atomic mass is 28.3. The van der Waals surface area contributed by atoms with E-state index in [-0.39, 0.29) is 6.61 Å². The quantitative estimate of drug-likeness (QED) is 0.601. The average molecular weight is 250 g/mol. The molecule has 0 radical (unpaired) electrons. The van der Waals surface area contributed by atoms with Crippen molar-refractivity contribution >= 4 is 8.07 Å². The van der Waals surface area contributed by atoms with Crippen molar-refractivity contribution < 1.29 is 24.8 Å². The fraction of sp³-hybridized carbons (Fsp3) is 1.00. The van der Waals surface area contributed by atoms with E-state index >= 15 is 0 Å². The van der Waals surface area contributed by atoms with Gasteiger partial charge in [0.15, 0.2) is 6.29 Å².